The number of rotatable bonds is 8. The largest absolute Gasteiger partial charge is 0.482 e. The summed E-state index contributed by atoms with van der Waals surface area (Å²) in [5, 5.41) is 2.85. The maximum Gasteiger partial charge on any atom is 0.345 e. The molecule has 0 spiro atoms. The number of nitrogens with one attached hydrogen (secondary N) is 1. The number of hydrogen-bond donors (Lipinski definition) is 1. The van der Waals surface area contributed by atoms with Crippen molar-refractivity contribution in [3.05, 3.63) is 95.1 Å². The van der Waals surface area contributed by atoms with E-state index in [1.807, 2.05) is 38.1 Å². The average molecular weight is 417 g/mol. The highest BCUT2D eigenvalue weighted by Gasteiger charge is 2.25. The first kappa shape index (κ1) is 21.8. The van der Waals surface area contributed by atoms with Crippen LogP contribution in [0.2, 0.25) is 0 Å². The SMILES string of the molecule is Cc1ccc(C)c(NC(=O)[C@H](OC(=O)COc2ccc(C=O)cc2)c2ccccc2)c1. The second-order valence-electron chi connectivity index (χ2n) is 7.06. The number of carbonyl (C=O) groups is 3. The topological polar surface area (TPSA) is 81.7 Å². The van der Waals surface area contributed by atoms with Crippen LogP contribution >= 0.6 is 0 Å². The lowest BCUT2D eigenvalue weighted by molar-refractivity contribution is -0.156. The lowest BCUT2D eigenvalue weighted by Crippen LogP contribution is -2.28. The van der Waals surface area contributed by atoms with Gasteiger partial charge in [0, 0.05) is 16.8 Å². The molecule has 0 aliphatic carbocycles. The molecule has 1 atom stereocenters. The molecule has 3 rings (SSSR count). The van der Waals surface area contributed by atoms with Gasteiger partial charge in [0.1, 0.15) is 12.0 Å². The molecule has 1 amide bonds. The standard InChI is InChI=1S/C25H23NO5/c1-17-8-9-18(2)22(14-17)26-25(29)24(20-6-4-3-5-7-20)31-23(28)16-30-21-12-10-19(15-27)11-13-21/h3-15,24H,16H2,1-2H3,(H,26,29)/t24-/m1/s1. The van der Waals surface area contributed by atoms with Crippen molar-refractivity contribution in [1.29, 1.82) is 0 Å². The molecule has 0 saturated carbocycles. The minimum Gasteiger partial charge on any atom is -0.482 e. The fourth-order valence-electron chi connectivity index (χ4n) is 2.92. The Labute approximate surface area is 180 Å². The third-order valence-electron chi connectivity index (χ3n) is 4.61. The Morgan fingerprint density at radius 3 is 2.35 bits per heavy atom. The van der Waals surface area contributed by atoms with E-state index in [1.54, 1.807) is 48.5 Å². The summed E-state index contributed by atoms with van der Waals surface area (Å²) in [6.07, 6.45) is -0.411. The Bertz CT molecular complexity index is 1060. The molecule has 0 radical (unpaired) electrons. The number of benzene rings is 3. The highest BCUT2D eigenvalue weighted by Crippen LogP contribution is 2.23. The van der Waals surface area contributed by atoms with Crippen molar-refractivity contribution in [3.63, 3.8) is 0 Å². The molecule has 3 aromatic carbocycles. The van der Waals surface area contributed by atoms with Crippen molar-refractivity contribution in [2.45, 2.75) is 20.0 Å². The molecule has 6 nitrogen and oxygen atoms in total. The molecular weight excluding hydrogens is 394 g/mol. The smallest absolute Gasteiger partial charge is 0.345 e. The van der Waals surface area contributed by atoms with Gasteiger partial charge in [-0.05, 0) is 55.3 Å². The summed E-state index contributed by atoms with van der Waals surface area (Å²) in [7, 11) is 0. The number of anilines is 1. The Kier molecular flexibility index (Phi) is 7.17. The van der Waals surface area contributed by atoms with Crippen LogP contribution in [0.4, 0.5) is 5.69 Å². The molecule has 1 N–H and O–H groups in total. The summed E-state index contributed by atoms with van der Waals surface area (Å²) in [6, 6.07) is 20.9. The molecule has 6 heteroatoms. The molecule has 0 aliphatic rings. The molecule has 0 unspecified atom stereocenters. The van der Waals surface area contributed by atoms with Gasteiger partial charge in [-0.1, -0.05) is 42.5 Å². The van der Waals surface area contributed by atoms with Gasteiger partial charge in [-0.3, -0.25) is 9.59 Å². The molecule has 0 fully saturated rings. The summed E-state index contributed by atoms with van der Waals surface area (Å²) >= 11 is 0. The lowest BCUT2D eigenvalue weighted by atomic mass is 10.1. The molecule has 3 aromatic rings. The van der Waals surface area contributed by atoms with Crippen LogP contribution in [0.15, 0.2) is 72.8 Å². The van der Waals surface area contributed by atoms with Crippen molar-refractivity contribution in [3.8, 4) is 5.75 Å². The molecular formula is C25H23NO5. The average Bonchev–Trinajstić information content (AvgIpc) is 2.79. The van der Waals surface area contributed by atoms with Crippen molar-refractivity contribution < 1.29 is 23.9 Å². The van der Waals surface area contributed by atoms with Gasteiger partial charge in [-0.15, -0.1) is 0 Å². The Morgan fingerprint density at radius 1 is 0.968 bits per heavy atom. The van der Waals surface area contributed by atoms with Crippen LogP contribution < -0.4 is 10.1 Å². The molecule has 0 saturated heterocycles. The Hall–Kier alpha value is -3.93. The van der Waals surface area contributed by atoms with Gasteiger partial charge < -0.3 is 14.8 Å². The number of aryl methyl sites for hydroxylation is 2. The van der Waals surface area contributed by atoms with E-state index in [9.17, 15) is 14.4 Å². The molecule has 31 heavy (non-hydrogen) atoms. The van der Waals surface area contributed by atoms with Crippen LogP contribution in [0.5, 0.6) is 5.75 Å². The van der Waals surface area contributed by atoms with E-state index in [0.717, 1.165) is 17.4 Å². The predicted octanol–water partition coefficient (Wildman–Crippen LogP) is 4.42. The molecule has 0 heterocycles. The Balaban J connectivity index is 1.71. The fourth-order valence-corrected chi connectivity index (χ4v) is 2.92. The summed E-state index contributed by atoms with van der Waals surface area (Å²) in [5.74, 6) is -0.730. The summed E-state index contributed by atoms with van der Waals surface area (Å²) < 4.78 is 10.9. The fraction of sp³-hybridized carbons (Fsp3) is 0.160. The normalized spacial score (nSPS) is 11.3. The van der Waals surface area contributed by atoms with E-state index < -0.39 is 18.0 Å². The van der Waals surface area contributed by atoms with Crippen LogP contribution in [0.1, 0.15) is 33.2 Å². The molecule has 0 bridgehead atoms. The highest BCUT2D eigenvalue weighted by atomic mass is 16.6. The van der Waals surface area contributed by atoms with Gasteiger partial charge in [-0.25, -0.2) is 4.79 Å². The van der Waals surface area contributed by atoms with E-state index >= 15 is 0 Å². The van der Waals surface area contributed by atoms with Gasteiger partial charge in [-0.2, -0.15) is 0 Å². The van der Waals surface area contributed by atoms with Gasteiger partial charge in [0.05, 0.1) is 0 Å². The zero-order valence-corrected chi connectivity index (χ0v) is 17.3. The third-order valence-corrected chi connectivity index (χ3v) is 4.61. The van der Waals surface area contributed by atoms with Crippen molar-refractivity contribution in [1.82, 2.24) is 0 Å². The second kappa shape index (κ2) is 10.2. The van der Waals surface area contributed by atoms with Gasteiger partial charge in [0.2, 0.25) is 6.10 Å². The molecule has 0 aliphatic heterocycles. The second-order valence-corrected chi connectivity index (χ2v) is 7.06. The Morgan fingerprint density at radius 2 is 1.68 bits per heavy atom. The predicted molar refractivity (Wildman–Crippen MR) is 117 cm³/mol. The van der Waals surface area contributed by atoms with E-state index in [2.05, 4.69) is 5.32 Å². The van der Waals surface area contributed by atoms with Crippen LogP contribution in [0.25, 0.3) is 0 Å². The van der Waals surface area contributed by atoms with Crippen LogP contribution in [0, 0.1) is 13.8 Å². The van der Waals surface area contributed by atoms with Crippen molar-refractivity contribution in [2.75, 3.05) is 11.9 Å². The van der Waals surface area contributed by atoms with Crippen LogP contribution in [-0.2, 0) is 14.3 Å². The number of hydrogen-bond acceptors (Lipinski definition) is 5. The maximum absolute atomic E-state index is 13.0. The summed E-state index contributed by atoms with van der Waals surface area (Å²) in [6.45, 7) is 3.45. The zero-order chi connectivity index (χ0) is 22.2. The van der Waals surface area contributed by atoms with Gasteiger partial charge in [0.25, 0.3) is 5.91 Å². The van der Waals surface area contributed by atoms with E-state index in [-0.39, 0.29) is 6.61 Å². The molecule has 158 valence electrons. The minimum absolute atomic E-state index is 0.374. The zero-order valence-electron chi connectivity index (χ0n) is 17.3. The van der Waals surface area contributed by atoms with Crippen molar-refractivity contribution >= 4 is 23.9 Å². The van der Waals surface area contributed by atoms with E-state index in [0.29, 0.717) is 22.6 Å². The van der Waals surface area contributed by atoms with E-state index in [1.165, 1.54) is 0 Å². The number of ether oxygens (including phenoxy) is 2. The monoisotopic (exact) mass is 417 g/mol. The first-order valence-electron chi connectivity index (χ1n) is 9.77. The van der Waals surface area contributed by atoms with Gasteiger partial charge in [0.15, 0.2) is 6.61 Å². The third kappa shape index (κ3) is 6.02. The lowest BCUT2D eigenvalue weighted by Gasteiger charge is -2.19. The van der Waals surface area contributed by atoms with Crippen LogP contribution in [0.3, 0.4) is 0 Å². The van der Waals surface area contributed by atoms with Gasteiger partial charge >= 0.3 is 5.97 Å². The summed E-state index contributed by atoms with van der Waals surface area (Å²) in [4.78, 5) is 36.1. The van der Waals surface area contributed by atoms with Crippen molar-refractivity contribution in [2.24, 2.45) is 0 Å². The first-order chi connectivity index (χ1) is 15.0. The highest BCUT2D eigenvalue weighted by molar-refractivity contribution is 5.96. The maximum atomic E-state index is 13.0. The number of esters is 1. The number of aldehydes is 1. The minimum atomic E-state index is -1.13. The first-order valence-corrected chi connectivity index (χ1v) is 9.77. The number of amides is 1. The summed E-state index contributed by atoms with van der Waals surface area (Å²) in [5.41, 5.74) is 3.62. The quantitative estimate of drug-likeness (QED) is 0.433. The molecule has 0 aromatic heterocycles. The van der Waals surface area contributed by atoms with Crippen LogP contribution in [-0.4, -0.2) is 24.8 Å². The number of carbonyl (C=O) groups excluding carboxylic acids is 3. The van der Waals surface area contributed by atoms with E-state index in [4.69, 9.17) is 9.47 Å².